The lowest BCUT2D eigenvalue weighted by Crippen LogP contribution is -2.03. The van der Waals surface area contributed by atoms with E-state index >= 15 is 0 Å². The van der Waals surface area contributed by atoms with Gasteiger partial charge in [-0.1, -0.05) is 0 Å². The van der Waals surface area contributed by atoms with Gasteiger partial charge in [-0.05, 0) is 30.2 Å². The molecule has 0 aliphatic heterocycles. The third-order valence-corrected chi connectivity index (χ3v) is 2.48. The SMILES string of the molecule is Cc1cc([N+](=O)[O-])cnc1NCc1ccncc1. The van der Waals surface area contributed by atoms with Crippen molar-refractivity contribution in [2.24, 2.45) is 0 Å². The lowest BCUT2D eigenvalue weighted by atomic mass is 10.2. The van der Waals surface area contributed by atoms with Crippen molar-refractivity contribution in [3.05, 3.63) is 58.0 Å². The average Bonchev–Trinajstić information content (AvgIpc) is 2.38. The monoisotopic (exact) mass is 244 g/mol. The van der Waals surface area contributed by atoms with E-state index in [0.717, 1.165) is 11.1 Å². The van der Waals surface area contributed by atoms with Crippen LogP contribution in [0.2, 0.25) is 0 Å². The number of rotatable bonds is 4. The molecule has 0 unspecified atom stereocenters. The molecule has 0 bridgehead atoms. The van der Waals surface area contributed by atoms with Gasteiger partial charge in [0.05, 0.1) is 4.92 Å². The molecule has 2 aromatic rings. The van der Waals surface area contributed by atoms with Gasteiger partial charge in [0.25, 0.3) is 5.69 Å². The van der Waals surface area contributed by atoms with Crippen LogP contribution >= 0.6 is 0 Å². The highest BCUT2D eigenvalue weighted by atomic mass is 16.6. The Morgan fingerprint density at radius 2 is 2.11 bits per heavy atom. The van der Waals surface area contributed by atoms with Crippen molar-refractivity contribution in [2.45, 2.75) is 13.5 Å². The lowest BCUT2D eigenvalue weighted by Gasteiger charge is -2.07. The average molecular weight is 244 g/mol. The molecule has 0 fully saturated rings. The first-order valence-electron chi connectivity index (χ1n) is 5.40. The molecule has 0 saturated heterocycles. The summed E-state index contributed by atoms with van der Waals surface area (Å²) in [5, 5.41) is 13.7. The largest absolute Gasteiger partial charge is 0.366 e. The molecule has 2 heterocycles. The van der Waals surface area contributed by atoms with Crippen LogP contribution < -0.4 is 5.32 Å². The number of nitrogens with zero attached hydrogens (tertiary/aromatic N) is 3. The summed E-state index contributed by atoms with van der Waals surface area (Å²) in [5.74, 6) is 0.650. The number of hydrogen-bond acceptors (Lipinski definition) is 5. The summed E-state index contributed by atoms with van der Waals surface area (Å²) in [6.45, 7) is 2.39. The third kappa shape index (κ3) is 2.79. The first kappa shape index (κ1) is 12.0. The van der Waals surface area contributed by atoms with Crippen molar-refractivity contribution in [3.63, 3.8) is 0 Å². The molecule has 6 nitrogen and oxygen atoms in total. The van der Waals surface area contributed by atoms with E-state index in [-0.39, 0.29) is 5.69 Å². The van der Waals surface area contributed by atoms with Gasteiger partial charge in [0.15, 0.2) is 0 Å². The quantitative estimate of drug-likeness (QED) is 0.659. The highest BCUT2D eigenvalue weighted by Crippen LogP contribution is 2.18. The van der Waals surface area contributed by atoms with Crippen LogP contribution in [-0.2, 0) is 6.54 Å². The zero-order valence-corrected chi connectivity index (χ0v) is 9.83. The van der Waals surface area contributed by atoms with E-state index in [2.05, 4.69) is 15.3 Å². The second-order valence-corrected chi connectivity index (χ2v) is 3.83. The van der Waals surface area contributed by atoms with Gasteiger partial charge >= 0.3 is 0 Å². The number of aryl methyl sites for hydroxylation is 1. The van der Waals surface area contributed by atoms with Crippen molar-refractivity contribution < 1.29 is 4.92 Å². The minimum atomic E-state index is -0.452. The van der Waals surface area contributed by atoms with Gasteiger partial charge in [0.2, 0.25) is 0 Å². The first-order chi connectivity index (χ1) is 8.66. The molecule has 2 rings (SSSR count). The van der Waals surface area contributed by atoms with Gasteiger partial charge in [-0.2, -0.15) is 0 Å². The zero-order valence-electron chi connectivity index (χ0n) is 9.83. The fourth-order valence-electron chi connectivity index (χ4n) is 1.53. The summed E-state index contributed by atoms with van der Waals surface area (Å²) in [6.07, 6.45) is 4.68. The van der Waals surface area contributed by atoms with E-state index in [1.807, 2.05) is 12.1 Å². The Kier molecular flexibility index (Phi) is 3.47. The molecule has 0 spiro atoms. The van der Waals surface area contributed by atoms with E-state index in [1.165, 1.54) is 12.3 Å². The molecule has 92 valence electrons. The summed E-state index contributed by atoms with van der Waals surface area (Å²) in [6, 6.07) is 5.29. The maximum atomic E-state index is 10.6. The summed E-state index contributed by atoms with van der Waals surface area (Å²) in [5.41, 5.74) is 1.82. The number of nitro groups is 1. The van der Waals surface area contributed by atoms with Gasteiger partial charge in [0, 0.05) is 25.0 Å². The smallest absolute Gasteiger partial charge is 0.287 e. The van der Waals surface area contributed by atoms with E-state index in [0.29, 0.717) is 12.4 Å². The predicted molar refractivity (Wildman–Crippen MR) is 67.2 cm³/mol. The van der Waals surface area contributed by atoms with Crippen LogP contribution in [0.4, 0.5) is 11.5 Å². The Labute approximate surface area is 104 Å². The van der Waals surface area contributed by atoms with Crippen LogP contribution in [0, 0.1) is 17.0 Å². The Hall–Kier alpha value is -2.50. The number of aromatic nitrogens is 2. The summed E-state index contributed by atoms with van der Waals surface area (Å²) in [4.78, 5) is 18.1. The van der Waals surface area contributed by atoms with Crippen LogP contribution in [0.3, 0.4) is 0 Å². The molecule has 0 aromatic carbocycles. The van der Waals surface area contributed by atoms with Crippen molar-refractivity contribution in [2.75, 3.05) is 5.32 Å². The summed E-state index contributed by atoms with van der Waals surface area (Å²) >= 11 is 0. The van der Waals surface area contributed by atoms with Crippen molar-refractivity contribution in [1.82, 2.24) is 9.97 Å². The minimum Gasteiger partial charge on any atom is -0.366 e. The van der Waals surface area contributed by atoms with Gasteiger partial charge in [0.1, 0.15) is 12.0 Å². The van der Waals surface area contributed by atoms with Crippen LogP contribution in [0.5, 0.6) is 0 Å². The predicted octanol–water partition coefficient (Wildman–Crippen LogP) is 2.31. The number of hydrogen-bond donors (Lipinski definition) is 1. The Morgan fingerprint density at radius 3 is 2.72 bits per heavy atom. The van der Waals surface area contributed by atoms with E-state index in [9.17, 15) is 10.1 Å². The zero-order chi connectivity index (χ0) is 13.0. The molecular weight excluding hydrogens is 232 g/mol. The molecule has 0 amide bonds. The Bertz CT molecular complexity index is 557. The Balaban J connectivity index is 2.08. The molecule has 0 aliphatic rings. The first-order valence-corrected chi connectivity index (χ1v) is 5.40. The fraction of sp³-hybridized carbons (Fsp3) is 0.167. The van der Waals surface area contributed by atoms with E-state index < -0.39 is 4.92 Å². The van der Waals surface area contributed by atoms with Gasteiger partial charge < -0.3 is 5.32 Å². The van der Waals surface area contributed by atoms with Crippen molar-refractivity contribution >= 4 is 11.5 Å². The van der Waals surface area contributed by atoms with Crippen molar-refractivity contribution in [1.29, 1.82) is 0 Å². The second kappa shape index (κ2) is 5.22. The maximum Gasteiger partial charge on any atom is 0.287 e. The van der Waals surface area contributed by atoms with Gasteiger partial charge in [-0.25, -0.2) is 4.98 Å². The van der Waals surface area contributed by atoms with Gasteiger partial charge in [-0.15, -0.1) is 0 Å². The maximum absolute atomic E-state index is 10.6. The van der Waals surface area contributed by atoms with Crippen molar-refractivity contribution in [3.8, 4) is 0 Å². The highest BCUT2D eigenvalue weighted by Gasteiger charge is 2.08. The molecule has 0 atom stereocenters. The normalized spacial score (nSPS) is 10.1. The second-order valence-electron chi connectivity index (χ2n) is 3.83. The van der Waals surface area contributed by atoms with E-state index in [1.54, 1.807) is 19.3 Å². The molecule has 1 N–H and O–H groups in total. The molecule has 0 saturated carbocycles. The van der Waals surface area contributed by atoms with Gasteiger partial charge in [-0.3, -0.25) is 15.1 Å². The molecule has 0 radical (unpaired) electrons. The minimum absolute atomic E-state index is 0.00182. The number of nitrogens with one attached hydrogen (secondary N) is 1. The molecule has 0 aliphatic carbocycles. The fourth-order valence-corrected chi connectivity index (χ4v) is 1.53. The molecular formula is C12H12N4O2. The molecule has 18 heavy (non-hydrogen) atoms. The summed E-state index contributed by atoms with van der Waals surface area (Å²) < 4.78 is 0. The highest BCUT2D eigenvalue weighted by molar-refractivity contribution is 5.48. The number of pyridine rings is 2. The van der Waals surface area contributed by atoms with Crippen LogP contribution in [0.1, 0.15) is 11.1 Å². The van der Waals surface area contributed by atoms with Crippen LogP contribution in [0.25, 0.3) is 0 Å². The molecule has 2 aromatic heterocycles. The van der Waals surface area contributed by atoms with E-state index in [4.69, 9.17) is 0 Å². The van der Waals surface area contributed by atoms with Crippen LogP contribution in [-0.4, -0.2) is 14.9 Å². The standard InChI is InChI=1S/C12H12N4O2/c1-9-6-11(16(17)18)8-15-12(9)14-7-10-2-4-13-5-3-10/h2-6,8H,7H2,1H3,(H,14,15). The Morgan fingerprint density at radius 1 is 1.39 bits per heavy atom. The third-order valence-electron chi connectivity index (χ3n) is 2.48. The number of anilines is 1. The molecule has 6 heteroatoms. The topological polar surface area (TPSA) is 81.0 Å². The summed E-state index contributed by atoms with van der Waals surface area (Å²) in [7, 11) is 0. The van der Waals surface area contributed by atoms with Crippen LogP contribution in [0.15, 0.2) is 36.8 Å². The lowest BCUT2D eigenvalue weighted by molar-refractivity contribution is -0.385.